The van der Waals surface area contributed by atoms with Gasteiger partial charge in [-0.15, -0.1) is 0 Å². The van der Waals surface area contributed by atoms with Gasteiger partial charge in [0.25, 0.3) is 0 Å². The van der Waals surface area contributed by atoms with E-state index in [0.717, 1.165) is 19.3 Å². The van der Waals surface area contributed by atoms with Gasteiger partial charge >= 0.3 is 5.97 Å². The molecule has 0 aromatic rings. The molecule has 0 aliphatic heterocycles. The van der Waals surface area contributed by atoms with Gasteiger partial charge in [0.2, 0.25) is 0 Å². The molecule has 0 heterocycles. The maximum Gasteiger partial charge on any atom is 0.309 e. The van der Waals surface area contributed by atoms with Crippen molar-refractivity contribution in [2.75, 3.05) is 19.8 Å². The molecular formula is C12H24O4. The molecule has 0 aliphatic carbocycles. The molecule has 4 heteroatoms. The molecule has 0 radical (unpaired) electrons. The lowest BCUT2D eigenvalue weighted by Crippen LogP contribution is -2.20. The van der Waals surface area contributed by atoms with E-state index in [9.17, 15) is 4.79 Å². The summed E-state index contributed by atoms with van der Waals surface area (Å²) in [6, 6.07) is 0. The minimum atomic E-state index is -0.292. The second-order valence-electron chi connectivity index (χ2n) is 3.95. The molecule has 0 aromatic heterocycles. The van der Waals surface area contributed by atoms with E-state index in [1.165, 1.54) is 12.8 Å². The average molecular weight is 232 g/mol. The number of ether oxygens (including phenoxy) is 1. The smallest absolute Gasteiger partial charge is 0.309 e. The summed E-state index contributed by atoms with van der Waals surface area (Å²) in [7, 11) is 0. The highest BCUT2D eigenvalue weighted by Gasteiger charge is 2.18. The molecule has 0 bridgehead atoms. The molecule has 16 heavy (non-hydrogen) atoms. The lowest BCUT2D eigenvalue weighted by Gasteiger charge is -2.14. The molecule has 0 spiro atoms. The molecule has 0 aliphatic rings. The topological polar surface area (TPSA) is 66.8 Å². The van der Waals surface area contributed by atoms with E-state index in [2.05, 4.69) is 6.92 Å². The van der Waals surface area contributed by atoms with Crippen LogP contribution in [-0.2, 0) is 9.53 Å². The van der Waals surface area contributed by atoms with E-state index in [-0.39, 0.29) is 31.7 Å². The predicted octanol–water partition coefficient (Wildman–Crippen LogP) is 1.49. The van der Waals surface area contributed by atoms with Gasteiger partial charge in [0.1, 0.15) is 6.61 Å². The number of carbonyl (C=O) groups is 1. The van der Waals surface area contributed by atoms with Gasteiger partial charge in [-0.05, 0) is 12.8 Å². The summed E-state index contributed by atoms with van der Waals surface area (Å²) in [5.74, 6) is -0.506. The van der Waals surface area contributed by atoms with E-state index in [1.54, 1.807) is 0 Å². The second-order valence-corrected chi connectivity index (χ2v) is 3.95. The molecule has 4 nitrogen and oxygen atoms in total. The third-order valence-electron chi connectivity index (χ3n) is 2.55. The summed E-state index contributed by atoms with van der Waals surface area (Å²) < 4.78 is 4.86. The highest BCUT2D eigenvalue weighted by molar-refractivity contribution is 5.72. The summed E-state index contributed by atoms with van der Waals surface area (Å²) in [6.07, 6.45) is 5.68. The second kappa shape index (κ2) is 10.9. The van der Waals surface area contributed by atoms with Crippen LogP contribution < -0.4 is 0 Å². The minimum absolute atomic E-state index is 0.00662. The zero-order chi connectivity index (χ0) is 12.2. The summed E-state index contributed by atoms with van der Waals surface area (Å²) >= 11 is 0. The molecular weight excluding hydrogens is 208 g/mol. The highest BCUT2D eigenvalue weighted by Crippen LogP contribution is 2.15. The van der Waals surface area contributed by atoms with Crippen LogP contribution in [0, 0.1) is 5.92 Å². The van der Waals surface area contributed by atoms with Gasteiger partial charge in [-0.25, -0.2) is 0 Å². The Morgan fingerprint density at radius 1 is 1.12 bits per heavy atom. The fraction of sp³-hybridized carbons (Fsp3) is 0.917. The van der Waals surface area contributed by atoms with Gasteiger partial charge < -0.3 is 14.9 Å². The Balaban J connectivity index is 3.80. The first kappa shape index (κ1) is 15.4. The summed E-state index contributed by atoms with van der Waals surface area (Å²) in [6.45, 7) is 2.05. The molecule has 1 atom stereocenters. The van der Waals surface area contributed by atoms with Crippen LogP contribution in [0.5, 0.6) is 0 Å². The lowest BCUT2D eigenvalue weighted by molar-refractivity contribution is -0.150. The normalized spacial score (nSPS) is 12.4. The van der Waals surface area contributed by atoms with Crippen LogP contribution in [0.15, 0.2) is 0 Å². The van der Waals surface area contributed by atoms with E-state index in [1.807, 2.05) is 0 Å². The third kappa shape index (κ3) is 7.65. The predicted molar refractivity (Wildman–Crippen MR) is 62.0 cm³/mol. The molecule has 2 N–H and O–H groups in total. The van der Waals surface area contributed by atoms with Gasteiger partial charge in [-0.1, -0.05) is 32.6 Å². The average Bonchev–Trinajstić information content (AvgIpc) is 2.30. The van der Waals surface area contributed by atoms with E-state index < -0.39 is 0 Å². The minimum Gasteiger partial charge on any atom is -0.463 e. The van der Waals surface area contributed by atoms with Gasteiger partial charge in [0.05, 0.1) is 12.5 Å². The molecule has 0 saturated carbocycles. The Morgan fingerprint density at radius 2 is 1.88 bits per heavy atom. The van der Waals surface area contributed by atoms with Gasteiger partial charge in [-0.3, -0.25) is 4.79 Å². The van der Waals surface area contributed by atoms with Crippen LogP contribution in [0.1, 0.15) is 45.4 Å². The number of hydrogen-bond acceptors (Lipinski definition) is 4. The van der Waals surface area contributed by atoms with E-state index in [4.69, 9.17) is 14.9 Å². The van der Waals surface area contributed by atoms with Crippen LogP contribution in [0.4, 0.5) is 0 Å². The Morgan fingerprint density at radius 3 is 2.44 bits per heavy atom. The molecule has 0 aromatic carbocycles. The van der Waals surface area contributed by atoms with Crippen LogP contribution in [0.3, 0.4) is 0 Å². The van der Waals surface area contributed by atoms with Crippen molar-refractivity contribution in [3.8, 4) is 0 Å². The van der Waals surface area contributed by atoms with Crippen molar-refractivity contribution in [1.82, 2.24) is 0 Å². The Kier molecular flexibility index (Phi) is 10.5. The van der Waals surface area contributed by atoms with E-state index >= 15 is 0 Å². The highest BCUT2D eigenvalue weighted by atomic mass is 16.5. The van der Waals surface area contributed by atoms with Gasteiger partial charge in [0.15, 0.2) is 0 Å². The number of unbranched alkanes of at least 4 members (excludes halogenated alkanes) is 3. The number of aliphatic hydroxyl groups is 2. The summed E-state index contributed by atoms with van der Waals surface area (Å²) in [5.41, 5.74) is 0. The SMILES string of the molecule is CCCCCCC(CCO)C(=O)OCCO. The first-order chi connectivity index (χ1) is 7.76. The quantitative estimate of drug-likeness (QED) is 0.442. The van der Waals surface area contributed by atoms with Gasteiger partial charge in [-0.2, -0.15) is 0 Å². The number of hydrogen-bond donors (Lipinski definition) is 2. The van der Waals surface area contributed by atoms with Crippen molar-refractivity contribution in [2.24, 2.45) is 5.92 Å². The summed E-state index contributed by atoms with van der Waals surface area (Å²) in [5, 5.41) is 17.4. The third-order valence-corrected chi connectivity index (χ3v) is 2.55. The number of carbonyl (C=O) groups excluding carboxylic acids is 1. The molecule has 96 valence electrons. The molecule has 1 unspecified atom stereocenters. The van der Waals surface area contributed by atoms with Crippen molar-refractivity contribution in [2.45, 2.75) is 45.4 Å². The Bertz CT molecular complexity index is 170. The summed E-state index contributed by atoms with van der Waals surface area (Å²) in [4.78, 5) is 11.5. The largest absolute Gasteiger partial charge is 0.463 e. The van der Waals surface area contributed by atoms with Crippen molar-refractivity contribution in [3.63, 3.8) is 0 Å². The molecule has 0 fully saturated rings. The fourth-order valence-corrected chi connectivity index (χ4v) is 1.62. The number of esters is 1. The number of rotatable bonds is 10. The van der Waals surface area contributed by atoms with Crippen LogP contribution >= 0.6 is 0 Å². The first-order valence-electron chi connectivity index (χ1n) is 6.14. The standard InChI is InChI=1S/C12H24O4/c1-2-3-4-5-6-11(7-8-13)12(15)16-10-9-14/h11,13-14H,2-10H2,1H3. The van der Waals surface area contributed by atoms with Crippen LogP contribution in [-0.4, -0.2) is 36.0 Å². The molecule has 0 rings (SSSR count). The van der Waals surface area contributed by atoms with Crippen molar-refractivity contribution < 1.29 is 19.7 Å². The Labute approximate surface area is 97.6 Å². The zero-order valence-electron chi connectivity index (χ0n) is 10.2. The van der Waals surface area contributed by atoms with Crippen LogP contribution in [0.25, 0.3) is 0 Å². The fourth-order valence-electron chi connectivity index (χ4n) is 1.62. The van der Waals surface area contributed by atoms with Crippen LogP contribution in [0.2, 0.25) is 0 Å². The van der Waals surface area contributed by atoms with E-state index in [0.29, 0.717) is 6.42 Å². The maximum atomic E-state index is 11.5. The number of aliphatic hydroxyl groups excluding tert-OH is 2. The van der Waals surface area contributed by atoms with Crippen molar-refractivity contribution >= 4 is 5.97 Å². The monoisotopic (exact) mass is 232 g/mol. The Hall–Kier alpha value is -0.610. The van der Waals surface area contributed by atoms with Gasteiger partial charge in [0, 0.05) is 6.61 Å². The van der Waals surface area contributed by atoms with Crippen molar-refractivity contribution in [1.29, 1.82) is 0 Å². The lowest BCUT2D eigenvalue weighted by atomic mass is 9.98. The molecule has 0 amide bonds. The maximum absolute atomic E-state index is 11.5. The van der Waals surface area contributed by atoms with Crippen molar-refractivity contribution in [3.05, 3.63) is 0 Å². The first-order valence-corrected chi connectivity index (χ1v) is 6.14. The molecule has 0 saturated heterocycles. The zero-order valence-corrected chi connectivity index (χ0v) is 10.2.